The number of nitrogens with one attached hydrogen (secondary N) is 1. The minimum Gasteiger partial charge on any atom is -0.488 e. The van der Waals surface area contributed by atoms with Crippen molar-refractivity contribution in [3.63, 3.8) is 0 Å². The van der Waals surface area contributed by atoms with Gasteiger partial charge in [-0.25, -0.2) is 0 Å². The molecule has 0 radical (unpaired) electrons. The molecule has 1 fully saturated rings. The fraction of sp³-hybridized carbons (Fsp3) is 0.400. The summed E-state index contributed by atoms with van der Waals surface area (Å²) in [6, 6.07) is 7.37. The largest absolute Gasteiger partial charge is 0.488 e. The Labute approximate surface area is 122 Å². The smallest absolute Gasteiger partial charge is 0.145 e. The average molecular weight is 293 g/mol. The Kier molecular flexibility index (Phi) is 3.78. The van der Waals surface area contributed by atoms with Crippen molar-refractivity contribution < 1.29 is 9.84 Å². The van der Waals surface area contributed by atoms with Crippen LogP contribution in [-0.4, -0.2) is 35.4 Å². The van der Waals surface area contributed by atoms with Gasteiger partial charge in [0.05, 0.1) is 5.02 Å². The Balaban J connectivity index is 1.82. The molecule has 2 aromatic rings. The molecule has 20 heavy (non-hydrogen) atoms. The maximum atomic E-state index is 10.4. The molecule has 4 nitrogen and oxygen atoms in total. The summed E-state index contributed by atoms with van der Waals surface area (Å²) in [4.78, 5) is 4.33. The van der Waals surface area contributed by atoms with Gasteiger partial charge in [0.15, 0.2) is 0 Å². The Hall–Kier alpha value is -1.36. The highest BCUT2D eigenvalue weighted by Crippen LogP contribution is 2.30. The Morgan fingerprint density at radius 3 is 2.90 bits per heavy atom. The number of halogens is 1. The molecule has 0 spiro atoms. The molecule has 1 aromatic carbocycles. The van der Waals surface area contributed by atoms with Crippen molar-refractivity contribution in [1.82, 2.24) is 10.3 Å². The van der Waals surface area contributed by atoms with Crippen molar-refractivity contribution in [2.24, 2.45) is 0 Å². The van der Waals surface area contributed by atoms with Crippen LogP contribution in [0.1, 0.15) is 12.8 Å². The molecule has 2 N–H and O–H groups in total. The SMILES string of the molecule is OC1(COc2ccc(Cl)c3cccnc23)CCNCC1. The van der Waals surface area contributed by atoms with Crippen LogP contribution >= 0.6 is 11.6 Å². The van der Waals surface area contributed by atoms with E-state index >= 15 is 0 Å². The van der Waals surface area contributed by atoms with Gasteiger partial charge in [0.1, 0.15) is 23.5 Å². The second kappa shape index (κ2) is 5.56. The second-order valence-electron chi connectivity index (χ2n) is 5.21. The lowest BCUT2D eigenvalue weighted by Gasteiger charge is -2.32. The van der Waals surface area contributed by atoms with Gasteiger partial charge in [-0.05, 0) is 50.2 Å². The van der Waals surface area contributed by atoms with Gasteiger partial charge < -0.3 is 15.2 Å². The molecule has 0 saturated carbocycles. The number of pyridine rings is 1. The van der Waals surface area contributed by atoms with E-state index in [1.165, 1.54) is 0 Å². The number of aromatic nitrogens is 1. The number of fused-ring (bicyclic) bond motifs is 1. The van der Waals surface area contributed by atoms with Gasteiger partial charge in [0.25, 0.3) is 0 Å². The predicted octanol–water partition coefficient (Wildman–Crippen LogP) is 2.38. The number of aliphatic hydroxyl groups is 1. The molecular weight excluding hydrogens is 276 g/mol. The summed E-state index contributed by atoms with van der Waals surface area (Å²) in [6.07, 6.45) is 3.11. The van der Waals surface area contributed by atoms with E-state index in [1.54, 1.807) is 12.3 Å². The van der Waals surface area contributed by atoms with Crippen molar-refractivity contribution >= 4 is 22.5 Å². The fourth-order valence-electron chi connectivity index (χ4n) is 2.48. The minimum absolute atomic E-state index is 0.280. The van der Waals surface area contributed by atoms with E-state index in [2.05, 4.69) is 10.3 Å². The standard InChI is InChI=1S/C15H17ClN2O2/c16-12-3-4-13(14-11(12)2-1-7-18-14)20-10-15(19)5-8-17-9-6-15/h1-4,7,17,19H,5-6,8-10H2. The van der Waals surface area contributed by atoms with E-state index in [-0.39, 0.29) is 6.61 Å². The lowest BCUT2D eigenvalue weighted by Crippen LogP contribution is -2.46. The lowest BCUT2D eigenvalue weighted by molar-refractivity contribution is -0.0282. The van der Waals surface area contributed by atoms with Crippen LogP contribution in [0.5, 0.6) is 5.75 Å². The van der Waals surface area contributed by atoms with E-state index in [1.807, 2.05) is 18.2 Å². The van der Waals surface area contributed by atoms with Crippen LogP contribution in [-0.2, 0) is 0 Å². The summed E-state index contributed by atoms with van der Waals surface area (Å²) in [5, 5.41) is 15.2. The summed E-state index contributed by atoms with van der Waals surface area (Å²) in [5.74, 6) is 0.664. The van der Waals surface area contributed by atoms with Crippen molar-refractivity contribution in [3.05, 3.63) is 35.5 Å². The number of hydrogen-bond acceptors (Lipinski definition) is 4. The van der Waals surface area contributed by atoms with E-state index in [0.29, 0.717) is 23.6 Å². The molecule has 0 amide bonds. The van der Waals surface area contributed by atoms with E-state index in [9.17, 15) is 5.11 Å². The van der Waals surface area contributed by atoms with Crippen LogP contribution in [0.3, 0.4) is 0 Å². The van der Waals surface area contributed by atoms with Gasteiger partial charge >= 0.3 is 0 Å². The lowest BCUT2D eigenvalue weighted by atomic mass is 9.93. The summed E-state index contributed by atoms with van der Waals surface area (Å²) in [7, 11) is 0. The summed E-state index contributed by atoms with van der Waals surface area (Å²) in [5.41, 5.74) is -0.0241. The van der Waals surface area contributed by atoms with Gasteiger partial charge in [0.2, 0.25) is 0 Å². The zero-order valence-electron chi connectivity index (χ0n) is 11.1. The number of benzene rings is 1. The predicted molar refractivity (Wildman–Crippen MR) is 79.3 cm³/mol. The van der Waals surface area contributed by atoms with E-state index in [4.69, 9.17) is 16.3 Å². The molecule has 0 atom stereocenters. The minimum atomic E-state index is -0.758. The molecule has 1 aliphatic heterocycles. The highest BCUT2D eigenvalue weighted by atomic mass is 35.5. The first kappa shape index (κ1) is 13.6. The van der Waals surface area contributed by atoms with Crippen LogP contribution in [0, 0.1) is 0 Å². The normalized spacial score (nSPS) is 18.1. The second-order valence-corrected chi connectivity index (χ2v) is 5.62. The first-order valence-electron chi connectivity index (χ1n) is 6.77. The zero-order chi connectivity index (χ0) is 14.0. The van der Waals surface area contributed by atoms with Crippen LogP contribution in [0.4, 0.5) is 0 Å². The highest BCUT2D eigenvalue weighted by Gasteiger charge is 2.30. The molecule has 5 heteroatoms. The molecule has 106 valence electrons. The molecule has 2 heterocycles. The van der Waals surface area contributed by atoms with Gasteiger partial charge in [-0.15, -0.1) is 0 Å². The number of ether oxygens (including phenoxy) is 1. The Bertz CT molecular complexity index is 612. The third kappa shape index (κ3) is 2.73. The Morgan fingerprint density at radius 1 is 1.30 bits per heavy atom. The van der Waals surface area contributed by atoms with Crippen molar-refractivity contribution in [2.45, 2.75) is 18.4 Å². The number of hydrogen-bond donors (Lipinski definition) is 2. The topological polar surface area (TPSA) is 54.4 Å². The van der Waals surface area contributed by atoms with Crippen LogP contribution in [0.15, 0.2) is 30.5 Å². The summed E-state index contributed by atoms with van der Waals surface area (Å²) >= 11 is 6.15. The van der Waals surface area contributed by atoms with E-state index in [0.717, 1.165) is 24.0 Å². The first-order chi connectivity index (χ1) is 9.68. The van der Waals surface area contributed by atoms with Crippen LogP contribution in [0.2, 0.25) is 5.02 Å². The number of nitrogens with zero attached hydrogens (tertiary/aromatic N) is 1. The van der Waals surface area contributed by atoms with Gasteiger partial charge in [-0.2, -0.15) is 0 Å². The molecule has 1 aromatic heterocycles. The van der Waals surface area contributed by atoms with Gasteiger partial charge in [-0.1, -0.05) is 11.6 Å². The quantitative estimate of drug-likeness (QED) is 0.912. The van der Waals surface area contributed by atoms with Crippen molar-refractivity contribution in [2.75, 3.05) is 19.7 Å². The summed E-state index contributed by atoms with van der Waals surface area (Å²) in [6.45, 7) is 1.92. The highest BCUT2D eigenvalue weighted by molar-refractivity contribution is 6.35. The van der Waals surface area contributed by atoms with Crippen LogP contribution in [0.25, 0.3) is 10.9 Å². The van der Waals surface area contributed by atoms with Crippen LogP contribution < -0.4 is 10.1 Å². The van der Waals surface area contributed by atoms with Gasteiger partial charge in [0, 0.05) is 11.6 Å². The maximum absolute atomic E-state index is 10.4. The average Bonchev–Trinajstić information content (AvgIpc) is 2.48. The van der Waals surface area contributed by atoms with Crippen molar-refractivity contribution in [1.29, 1.82) is 0 Å². The molecule has 1 aliphatic rings. The Morgan fingerprint density at radius 2 is 2.10 bits per heavy atom. The third-order valence-corrected chi connectivity index (χ3v) is 4.04. The molecular formula is C15H17ClN2O2. The number of rotatable bonds is 3. The molecule has 0 unspecified atom stereocenters. The van der Waals surface area contributed by atoms with Gasteiger partial charge in [-0.3, -0.25) is 4.98 Å². The number of piperidine rings is 1. The monoisotopic (exact) mass is 292 g/mol. The van der Waals surface area contributed by atoms with E-state index < -0.39 is 5.60 Å². The zero-order valence-corrected chi connectivity index (χ0v) is 11.9. The fourth-order valence-corrected chi connectivity index (χ4v) is 2.69. The van der Waals surface area contributed by atoms with Crippen molar-refractivity contribution in [3.8, 4) is 5.75 Å². The molecule has 0 aliphatic carbocycles. The third-order valence-electron chi connectivity index (χ3n) is 3.71. The molecule has 3 rings (SSSR count). The molecule has 0 bridgehead atoms. The summed E-state index contributed by atoms with van der Waals surface area (Å²) < 4.78 is 5.82. The maximum Gasteiger partial charge on any atom is 0.145 e. The first-order valence-corrected chi connectivity index (χ1v) is 7.15. The molecule has 1 saturated heterocycles.